The molecule has 0 aliphatic carbocycles. The summed E-state index contributed by atoms with van der Waals surface area (Å²) >= 11 is 1.48. The Morgan fingerprint density at radius 1 is 0.828 bits per heavy atom. The van der Waals surface area contributed by atoms with E-state index in [0.717, 1.165) is 5.56 Å². The van der Waals surface area contributed by atoms with Crippen LogP contribution in [0.3, 0.4) is 0 Å². The van der Waals surface area contributed by atoms with Crippen LogP contribution in [0, 0.1) is 11.3 Å². The number of rotatable bonds is 7. The van der Waals surface area contributed by atoms with E-state index >= 15 is 0 Å². The Morgan fingerprint density at radius 2 is 1.45 bits per heavy atom. The molecule has 0 saturated carbocycles. The Bertz CT molecular complexity index is 1030. The van der Waals surface area contributed by atoms with E-state index in [1.807, 2.05) is 18.2 Å². The molecule has 5 nitrogen and oxygen atoms in total. The van der Waals surface area contributed by atoms with Crippen LogP contribution in [0.15, 0.2) is 78.9 Å². The molecule has 0 aromatic heterocycles. The van der Waals surface area contributed by atoms with Gasteiger partial charge in [-0.1, -0.05) is 42.5 Å². The fourth-order valence-electron chi connectivity index (χ4n) is 2.61. The minimum Gasteiger partial charge on any atom is -0.324 e. The van der Waals surface area contributed by atoms with Crippen molar-refractivity contribution < 1.29 is 9.59 Å². The average molecular weight is 401 g/mol. The van der Waals surface area contributed by atoms with E-state index in [-0.39, 0.29) is 17.6 Å². The summed E-state index contributed by atoms with van der Waals surface area (Å²) < 4.78 is 0. The SMILES string of the molecule is N#Cc1ccc(CSCC(=O)Nc2ccccc2NC(=O)c2ccccc2)cc1. The van der Waals surface area contributed by atoms with Gasteiger partial charge < -0.3 is 10.6 Å². The first-order valence-electron chi connectivity index (χ1n) is 8.98. The van der Waals surface area contributed by atoms with Gasteiger partial charge in [0.25, 0.3) is 5.91 Å². The Kier molecular flexibility index (Phi) is 7.04. The molecule has 0 fully saturated rings. The van der Waals surface area contributed by atoms with Crippen LogP contribution in [0.5, 0.6) is 0 Å². The first kappa shape index (κ1) is 20.2. The molecule has 3 aromatic carbocycles. The van der Waals surface area contributed by atoms with Crippen LogP contribution in [0.2, 0.25) is 0 Å². The van der Waals surface area contributed by atoms with Gasteiger partial charge in [-0.15, -0.1) is 11.8 Å². The molecule has 0 heterocycles. The number of carbonyl (C=O) groups excluding carboxylic acids is 2. The molecule has 29 heavy (non-hydrogen) atoms. The van der Waals surface area contributed by atoms with Crippen LogP contribution in [0.25, 0.3) is 0 Å². The van der Waals surface area contributed by atoms with Crippen LogP contribution in [-0.4, -0.2) is 17.6 Å². The Labute approximate surface area is 173 Å². The summed E-state index contributed by atoms with van der Waals surface area (Å²) in [5.41, 5.74) is 3.32. The molecule has 0 radical (unpaired) electrons. The molecule has 3 rings (SSSR count). The number of hydrogen-bond acceptors (Lipinski definition) is 4. The Morgan fingerprint density at radius 3 is 2.10 bits per heavy atom. The lowest BCUT2D eigenvalue weighted by Crippen LogP contribution is -2.18. The predicted molar refractivity (Wildman–Crippen MR) is 117 cm³/mol. The molecule has 2 N–H and O–H groups in total. The van der Waals surface area contributed by atoms with Crippen molar-refractivity contribution in [1.29, 1.82) is 5.26 Å². The highest BCUT2D eigenvalue weighted by Crippen LogP contribution is 2.22. The summed E-state index contributed by atoms with van der Waals surface area (Å²) in [5.74, 6) is 0.569. The summed E-state index contributed by atoms with van der Waals surface area (Å²) in [6, 6.07) is 25.4. The smallest absolute Gasteiger partial charge is 0.255 e. The summed E-state index contributed by atoms with van der Waals surface area (Å²) in [6.07, 6.45) is 0. The van der Waals surface area contributed by atoms with Crippen molar-refractivity contribution in [2.24, 2.45) is 0 Å². The predicted octanol–water partition coefficient (Wildman–Crippen LogP) is 4.68. The molecule has 0 bridgehead atoms. The van der Waals surface area contributed by atoms with Crippen LogP contribution >= 0.6 is 11.8 Å². The number of carbonyl (C=O) groups is 2. The van der Waals surface area contributed by atoms with Gasteiger partial charge in [-0.3, -0.25) is 9.59 Å². The van der Waals surface area contributed by atoms with Crippen LogP contribution in [0.4, 0.5) is 11.4 Å². The number of nitriles is 1. The van der Waals surface area contributed by atoms with Crippen molar-refractivity contribution in [3.63, 3.8) is 0 Å². The zero-order valence-electron chi connectivity index (χ0n) is 15.6. The van der Waals surface area contributed by atoms with E-state index in [4.69, 9.17) is 5.26 Å². The van der Waals surface area contributed by atoms with Crippen molar-refractivity contribution in [3.8, 4) is 6.07 Å². The highest BCUT2D eigenvalue weighted by Gasteiger charge is 2.11. The first-order valence-corrected chi connectivity index (χ1v) is 10.1. The second kappa shape index (κ2) is 10.1. The van der Waals surface area contributed by atoms with Crippen molar-refractivity contribution in [2.75, 3.05) is 16.4 Å². The maximum atomic E-state index is 12.4. The lowest BCUT2D eigenvalue weighted by atomic mass is 10.2. The number of amides is 2. The van der Waals surface area contributed by atoms with Gasteiger partial charge in [-0.25, -0.2) is 0 Å². The minimum atomic E-state index is -0.234. The molecular weight excluding hydrogens is 382 g/mol. The van der Waals surface area contributed by atoms with Crippen molar-refractivity contribution in [3.05, 3.63) is 95.6 Å². The van der Waals surface area contributed by atoms with Crippen LogP contribution in [-0.2, 0) is 10.5 Å². The van der Waals surface area contributed by atoms with Crippen LogP contribution in [0.1, 0.15) is 21.5 Å². The largest absolute Gasteiger partial charge is 0.324 e. The van der Waals surface area contributed by atoms with E-state index in [1.54, 1.807) is 60.7 Å². The molecule has 0 saturated heterocycles. The fourth-order valence-corrected chi connectivity index (χ4v) is 3.40. The normalized spacial score (nSPS) is 10.0. The Balaban J connectivity index is 1.55. The molecule has 0 aliphatic rings. The molecule has 0 spiro atoms. The standard InChI is InChI=1S/C23H19N3O2S/c24-14-17-10-12-18(13-11-17)15-29-16-22(27)25-20-8-4-5-9-21(20)26-23(28)19-6-2-1-3-7-19/h1-13H,15-16H2,(H,25,27)(H,26,28). The third kappa shape index (κ3) is 5.96. The molecule has 0 atom stereocenters. The second-order valence-corrected chi connectivity index (χ2v) is 7.20. The molecule has 144 valence electrons. The molecule has 3 aromatic rings. The van der Waals surface area contributed by atoms with E-state index < -0.39 is 0 Å². The number of nitrogens with one attached hydrogen (secondary N) is 2. The van der Waals surface area contributed by atoms with Gasteiger partial charge in [0.05, 0.1) is 28.8 Å². The quantitative estimate of drug-likeness (QED) is 0.602. The fraction of sp³-hybridized carbons (Fsp3) is 0.0870. The summed E-state index contributed by atoms with van der Waals surface area (Å²) in [6.45, 7) is 0. The van der Waals surface area contributed by atoms with Crippen molar-refractivity contribution in [2.45, 2.75) is 5.75 Å². The number of nitrogens with zero attached hydrogens (tertiary/aromatic N) is 1. The molecule has 2 amide bonds. The lowest BCUT2D eigenvalue weighted by molar-refractivity contribution is -0.113. The second-order valence-electron chi connectivity index (χ2n) is 6.22. The maximum Gasteiger partial charge on any atom is 0.255 e. The van der Waals surface area contributed by atoms with Gasteiger partial charge in [0.1, 0.15) is 0 Å². The monoisotopic (exact) mass is 401 g/mol. The maximum absolute atomic E-state index is 12.4. The average Bonchev–Trinajstić information content (AvgIpc) is 2.76. The summed E-state index contributed by atoms with van der Waals surface area (Å²) in [4.78, 5) is 24.7. The minimum absolute atomic E-state index is 0.148. The number of benzene rings is 3. The van der Waals surface area contributed by atoms with E-state index in [9.17, 15) is 9.59 Å². The number of hydrogen-bond donors (Lipinski definition) is 2. The van der Waals surface area contributed by atoms with E-state index in [2.05, 4.69) is 16.7 Å². The molecule has 0 aliphatic heterocycles. The van der Waals surface area contributed by atoms with Gasteiger partial charge in [0, 0.05) is 11.3 Å². The zero-order chi connectivity index (χ0) is 20.5. The highest BCUT2D eigenvalue weighted by atomic mass is 32.2. The van der Waals surface area contributed by atoms with Crippen molar-refractivity contribution >= 4 is 35.0 Å². The highest BCUT2D eigenvalue weighted by molar-refractivity contribution is 7.99. The molecule has 6 heteroatoms. The van der Waals surface area contributed by atoms with Gasteiger partial charge in [-0.2, -0.15) is 5.26 Å². The van der Waals surface area contributed by atoms with Gasteiger partial charge >= 0.3 is 0 Å². The first-order chi connectivity index (χ1) is 14.2. The zero-order valence-corrected chi connectivity index (χ0v) is 16.4. The summed E-state index contributed by atoms with van der Waals surface area (Å²) in [7, 11) is 0. The van der Waals surface area contributed by atoms with Crippen molar-refractivity contribution in [1.82, 2.24) is 0 Å². The molecular formula is C23H19N3O2S. The van der Waals surface area contributed by atoms with E-state index in [0.29, 0.717) is 28.3 Å². The van der Waals surface area contributed by atoms with Gasteiger partial charge in [0.15, 0.2) is 0 Å². The third-order valence-electron chi connectivity index (χ3n) is 4.07. The Hall–Kier alpha value is -3.56. The number of thioether (sulfide) groups is 1. The summed E-state index contributed by atoms with van der Waals surface area (Å²) in [5, 5.41) is 14.5. The van der Waals surface area contributed by atoms with Gasteiger partial charge in [-0.05, 0) is 42.0 Å². The topological polar surface area (TPSA) is 82.0 Å². The lowest BCUT2D eigenvalue weighted by Gasteiger charge is -2.12. The van der Waals surface area contributed by atoms with E-state index in [1.165, 1.54) is 11.8 Å². The van der Waals surface area contributed by atoms with Crippen LogP contribution < -0.4 is 10.6 Å². The number of anilines is 2. The molecule has 0 unspecified atom stereocenters. The third-order valence-corrected chi connectivity index (χ3v) is 5.07. The van der Waals surface area contributed by atoms with Gasteiger partial charge in [0.2, 0.25) is 5.91 Å². The number of para-hydroxylation sites is 2.